The van der Waals surface area contributed by atoms with Crippen molar-refractivity contribution in [3.63, 3.8) is 0 Å². The van der Waals surface area contributed by atoms with Crippen LogP contribution in [-0.2, 0) is 0 Å². The topological polar surface area (TPSA) is 64.5 Å². The van der Waals surface area contributed by atoms with Gasteiger partial charge < -0.3 is 0 Å². The quantitative estimate of drug-likeness (QED) is 0.151. The monoisotopic (exact) mass is 1000 g/mol. The molecule has 390 valence electrons. The summed E-state index contributed by atoms with van der Waals surface area (Å²) in [6.07, 6.45) is 3.09. The number of fused-ring (bicyclic) bond motifs is 3. The van der Waals surface area contributed by atoms with Gasteiger partial charge >= 0.3 is 0 Å². The molecule has 0 aliphatic carbocycles. The minimum absolute atomic E-state index is 0.775. The minimum Gasteiger partial charge on any atom is -0.242 e. The lowest BCUT2D eigenvalue weighted by Gasteiger charge is -2.03. The van der Waals surface area contributed by atoms with Gasteiger partial charge in [0.1, 0.15) is 24.3 Å². The van der Waals surface area contributed by atoms with E-state index < -0.39 is 0 Å². The molecule has 0 radical (unpaired) electrons. The number of aryl methyl sites for hydroxylation is 16. The van der Waals surface area contributed by atoms with E-state index in [9.17, 15) is 0 Å². The maximum Gasteiger partial charge on any atom is 0.129 e. The first-order chi connectivity index (χ1) is 36.3. The molecular formula is C71H81N5. The first-order valence-electron chi connectivity index (χ1n) is 26.1. The van der Waals surface area contributed by atoms with Crippen molar-refractivity contribution in [2.45, 2.75) is 111 Å². The van der Waals surface area contributed by atoms with Crippen LogP contribution in [0.5, 0.6) is 0 Å². The third-order valence-electron chi connectivity index (χ3n) is 12.4. The summed E-state index contributed by atoms with van der Waals surface area (Å²) in [5.41, 5.74) is 18.2. The van der Waals surface area contributed by atoms with Gasteiger partial charge in [0.15, 0.2) is 0 Å². The molecule has 0 fully saturated rings. The molecule has 0 aliphatic rings. The Morgan fingerprint density at radius 1 is 0.224 bits per heavy atom. The minimum atomic E-state index is 0.775. The third kappa shape index (κ3) is 21.7. The Hall–Kier alpha value is -8.15. The second-order valence-corrected chi connectivity index (χ2v) is 19.6. The molecule has 5 nitrogen and oxygen atoms in total. The molecule has 5 heteroatoms. The van der Waals surface area contributed by atoms with Gasteiger partial charge in [0.2, 0.25) is 0 Å². The summed E-state index contributed by atoms with van der Waals surface area (Å²) in [6.45, 7) is 33.1. The van der Waals surface area contributed by atoms with Crippen LogP contribution >= 0.6 is 0 Å². The van der Waals surface area contributed by atoms with E-state index in [-0.39, 0.29) is 0 Å². The lowest BCUT2D eigenvalue weighted by Crippen LogP contribution is -1.91. The highest BCUT2D eigenvalue weighted by atomic mass is 15.0. The Morgan fingerprint density at radius 3 is 0.842 bits per heavy atom. The summed E-state index contributed by atoms with van der Waals surface area (Å²) in [5.74, 6) is 1.55. The van der Waals surface area contributed by atoms with Crippen LogP contribution in [0, 0.1) is 111 Å². The molecule has 0 aliphatic heterocycles. The average molecular weight is 1000 g/mol. The Kier molecular flexibility index (Phi) is 25.1. The maximum absolute atomic E-state index is 3.95. The maximum atomic E-state index is 3.95. The van der Waals surface area contributed by atoms with Crippen LogP contribution in [0.25, 0.3) is 32.3 Å². The van der Waals surface area contributed by atoms with Crippen molar-refractivity contribution in [1.82, 2.24) is 24.9 Å². The molecule has 0 bridgehead atoms. The molecule has 76 heavy (non-hydrogen) atoms. The predicted octanol–water partition coefficient (Wildman–Crippen LogP) is 18.9. The average Bonchev–Trinajstić information content (AvgIpc) is 3.39. The third-order valence-corrected chi connectivity index (χ3v) is 12.4. The van der Waals surface area contributed by atoms with Gasteiger partial charge in [0.05, 0.1) is 0 Å². The van der Waals surface area contributed by atoms with Crippen molar-refractivity contribution in [1.29, 1.82) is 0 Å². The fourth-order valence-electron chi connectivity index (χ4n) is 7.89. The second-order valence-electron chi connectivity index (χ2n) is 19.6. The molecule has 0 amide bonds. The van der Waals surface area contributed by atoms with Gasteiger partial charge in [0.25, 0.3) is 0 Å². The molecule has 0 saturated heterocycles. The predicted molar refractivity (Wildman–Crippen MR) is 329 cm³/mol. The van der Waals surface area contributed by atoms with Crippen molar-refractivity contribution in [2.24, 2.45) is 0 Å². The smallest absolute Gasteiger partial charge is 0.129 e. The zero-order valence-corrected chi connectivity index (χ0v) is 48.3. The number of rotatable bonds is 0. The van der Waals surface area contributed by atoms with E-state index in [0.717, 1.165) is 23.0 Å². The molecule has 11 rings (SSSR count). The molecular weight excluding hydrogens is 923 g/mol. The van der Waals surface area contributed by atoms with Gasteiger partial charge in [0, 0.05) is 11.4 Å². The zero-order chi connectivity index (χ0) is 55.6. The summed E-state index contributed by atoms with van der Waals surface area (Å²) in [5, 5.41) is 8.16. The number of hydrogen-bond acceptors (Lipinski definition) is 5. The Bertz CT molecular complexity index is 3140. The van der Waals surface area contributed by atoms with Gasteiger partial charge in [-0.15, -0.1) is 0 Å². The molecule has 2 heterocycles. The molecule has 11 aromatic rings. The van der Waals surface area contributed by atoms with Crippen LogP contribution in [0.3, 0.4) is 0 Å². The van der Waals surface area contributed by atoms with Crippen LogP contribution < -0.4 is 0 Å². The van der Waals surface area contributed by atoms with E-state index in [0.29, 0.717) is 0 Å². The van der Waals surface area contributed by atoms with Crippen LogP contribution in [0.4, 0.5) is 0 Å². The Morgan fingerprint density at radius 2 is 0.526 bits per heavy atom. The lowest BCUT2D eigenvalue weighted by molar-refractivity contribution is 0.920. The highest BCUT2D eigenvalue weighted by Crippen LogP contribution is 2.22. The van der Waals surface area contributed by atoms with Gasteiger partial charge in [-0.05, 0) is 183 Å². The number of benzene rings is 9. The fraction of sp³-hybridized carbons (Fsp3) is 0.225. The van der Waals surface area contributed by atoms with Crippen molar-refractivity contribution < 1.29 is 0 Å². The van der Waals surface area contributed by atoms with Crippen LogP contribution in [-0.4, -0.2) is 24.9 Å². The van der Waals surface area contributed by atoms with E-state index in [1.807, 2.05) is 33.8 Å². The molecule has 9 aromatic carbocycles. The number of hydrogen-bond donors (Lipinski definition) is 0. The first kappa shape index (κ1) is 60.4. The molecule has 0 spiro atoms. The number of aromatic nitrogens is 5. The Labute approximate surface area is 456 Å². The summed E-state index contributed by atoms with van der Waals surface area (Å²) < 4.78 is 0. The van der Waals surface area contributed by atoms with Gasteiger partial charge in [-0.25, -0.2) is 24.9 Å². The molecule has 0 atom stereocenters. The van der Waals surface area contributed by atoms with Gasteiger partial charge in [-0.1, -0.05) is 215 Å². The van der Waals surface area contributed by atoms with Crippen LogP contribution in [0.15, 0.2) is 201 Å². The lowest BCUT2D eigenvalue weighted by atomic mass is 10.0. The zero-order valence-electron chi connectivity index (χ0n) is 48.3. The summed E-state index contributed by atoms with van der Waals surface area (Å²) >= 11 is 0. The Balaban J connectivity index is 0.000000189. The SMILES string of the molecule is Cc1cc(C)ncn1.Cc1ccc(C)c2ccccc12.Cc1ccc(C)cc1.Cc1ccc2cc(C)ccc2c1.Cc1cccc(C)c1.Cc1cccc2c(C)cccc12.Cc1ccccc1C.Cc1ncnc(C)n1. The van der Waals surface area contributed by atoms with Crippen molar-refractivity contribution in [2.75, 3.05) is 0 Å². The second kappa shape index (κ2) is 31.6. The van der Waals surface area contributed by atoms with Crippen molar-refractivity contribution in [3.8, 4) is 0 Å². The molecule has 0 unspecified atom stereocenters. The summed E-state index contributed by atoms with van der Waals surface area (Å²) in [6, 6.07) is 66.1. The first-order valence-corrected chi connectivity index (χ1v) is 26.1. The normalized spacial score (nSPS) is 9.84. The standard InChI is InChI=1S/3C12H12.3C8H10.C6H8N2.C5H7N3/c1-9-3-5-12-8-10(2)4-6-11(12)7-9;1-9-5-3-8-12-10(2)6-4-7-11(9)12;1-9-7-8-10(2)12-6-4-3-5-11(9)12;1-7-3-5-8(2)6-4-7;1-7-4-3-5-8(2)6-7;1-7-5-3-4-6-8(7)2;1-5-3-6(2)8-4-7-5;1-4-6-3-7-5(2)8-4/h3*3-8H,1-2H3;3*3-6H,1-2H3;3-4H,1-2H3;3H,1-2H3. The highest BCUT2D eigenvalue weighted by Gasteiger charge is 1.99. The van der Waals surface area contributed by atoms with Crippen LogP contribution in [0.1, 0.15) is 89.8 Å². The molecule has 2 aromatic heterocycles. The van der Waals surface area contributed by atoms with E-state index in [2.05, 4.69) is 290 Å². The highest BCUT2D eigenvalue weighted by molar-refractivity contribution is 5.89. The van der Waals surface area contributed by atoms with Crippen LogP contribution in [0.2, 0.25) is 0 Å². The summed E-state index contributed by atoms with van der Waals surface area (Å²) in [4.78, 5) is 19.4. The van der Waals surface area contributed by atoms with E-state index in [1.165, 1.54) is 105 Å². The van der Waals surface area contributed by atoms with E-state index in [1.54, 1.807) is 6.33 Å². The molecule has 0 N–H and O–H groups in total. The van der Waals surface area contributed by atoms with E-state index >= 15 is 0 Å². The van der Waals surface area contributed by atoms with Crippen molar-refractivity contribution >= 4 is 32.3 Å². The van der Waals surface area contributed by atoms with Gasteiger partial charge in [-0.2, -0.15) is 0 Å². The fourth-order valence-corrected chi connectivity index (χ4v) is 7.89. The van der Waals surface area contributed by atoms with Gasteiger partial charge in [-0.3, -0.25) is 0 Å². The number of nitrogens with zero attached hydrogens (tertiary/aromatic N) is 5. The molecule has 0 saturated carbocycles. The summed E-state index contributed by atoms with van der Waals surface area (Å²) in [7, 11) is 0. The largest absolute Gasteiger partial charge is 0.242 e. The van der Waals surface area contributed by atoms with Crippen molar-refractivity contribution in [3.05, 3.63) is 291 Å². The van der Waals surface area contributed by atoms with E-state index in [4.69, 9.17) is 0 Å².